The summed E-state index contributed by atoms with van der Waals surface area (Å²) in [4.78, 5) is 0. The summed E-state index contributed by atoms with van der Waals surface area (Å²) in [7, 11) is 0. The van der Waals surface area contributed by atoms with Crippen LogP contribution in [0.5, 0.6) is 0 Å². The van der Waals surface area contributed by atoms with E-state index >= 15 is 0 Å². The Morgan fingerprint density at radius 1 is 0.421 bits per heavy atom. The average molecular weight is 533 g/mol. The summed E-state index contributed by atoms with van der Waals surface area (Å²) in [5.41, 5.74) is 1.65. The Kier molecular flexibility index (Phi) is 31.1. The summed E-state index contributed by atoms with van der Waals surface area (Å²) in [6.45, 7) is 12.0. The predicted molar refractivity (Wildman–Crippen MR) is 177 cm³/mol. The predicted octanol–water partition coefficient (Wildman–Crippen LogP) is 14.6. The molecule has 0 nitrogen and oxygen atoms in total. The van der Waals surface area contributed by atoms with E-state index in [4.69, 9.17) is 0 Å². The fourth-order valence-corrected chi connectivity index (χ4v) is 6.07. The lowest BCUT2D eigenvalue weighted by atomic mass is 9.92. The minimum atomic E-state index is 0.916. The van der Waals surface area contributed by atoms with Crippen molar-refractivity contribution in [3.05, 3.63) is 11.6 Å². The maximum Gasteiger partial charge on any atom is -0.0323 e. The van der Waals surface area contributed by atoms with Crippen molar-refractivity contribution in [3.8, 4) is 0 Å². The highest BCUT2D eigenvalue weighted by Crippen LogP contribution is 2.22. The average Bonchev–Trinajstić information content (AvgIpc) is 2.90. The van der Waals surface area contributed by atoms with Crippen molar-refractivity contribution in [3.63, 3.8) is 0 Å². The van der Waals surface area contributed by atoms with Crippen LogP contribution in [0, 0.1) is 11.8 Å². The first-order valence-corrected chi connectivity index (χ1v) is 18.3. The molecule has 2 unspecified atom stereocenters. The van der Waals surface area contributed by atoms with Crippen molar-refractivity contribution in [1.82, 2.24) is 0 Å². The molecule has 0 heterocycles. The summed E-state index contributed by atoms with van der Waals surface area (Å²) < 4.78 is 0. The number of unbranched alkanes of at least 4 members (excludes halogenated alkanes) is 20. The molecule has 0 aromatic heterocycles. The zero-order chi connectivity index (χ0) is 27.9. The number of rotatable bonds is 31. The second-order valence-corrected chi connectivity index (χ2v) is 13.4. The third-order valence-corrected chi connectivity index (χ3v) is 9.01. The molecule has 0 saturated heterocycles. The van der Waals surface area contributed by atoms with E-state index in [1.807, 2.05) is 0 Å². The van der Waals surface area contributed by atoms with Crippen LogP contribution in [0.2, 0.25) is 0 Å². The third-order valence-electron chi connectivity index (χ3n) is 9.01. The van der Waals surface area contributed by atoms with Gasteiger partial charge in [0.05, 0.1) is 0 Å². The molecule has 0 rings (SSSR count). The van der Waals surface area contributed by atoms with Crippen LogP contribution < -0.4 is 0 Å². The summed E-state index contributed by atoms with van der Waals surface area (Å²) in [6, 6.07) is 0. The highest BCUT2D eigenvalue weighted by atomic mass is 14.1. The second-order valence-electron chi connectivity index (χ2n) is 13.4. The van der Waals surface area contributed by atoms with Crippen molar-refractivity contribution >= 4 is 0 Å². The standard InChI is InChI=1S/C38H76/c1-6-8-10-12-14-16-18-19-21-23-25-27-31-37(4)33-29-35-38(5)34-28-32-36(3)30-26-24-22-20-17-15-13-11-9-7-2/h30,37-38H,6-29,31-35H2,1-5H3. The summed E-state index contributed by atoms with van der Waals surface area (Å²) in [5, 5.41) is 0. The molecule has 0 aromatic rings. The molecule has 228 valence electrons. The van der Waals surface area contributed by atoms with E-state index in [-0.39, 0.29) is 0 Å². The van der Waals surface area contributed by atoms with Crippen LogP contribution in [0.25, 0.3) is 0 Å². The SMILES string of the molecule is CCCCCCCCCCCC=C(C)CCCC(C)CCCC(C)CCCCCCCCCCCCCC. The van der Waals surface area contributed by atoms with Crippen LogP contribution in [0.15, 0.2) is 11.6 Å². The lowest BCUT2D eigenvalue weighted by molar-refractivity contribution is 0.395. The Bertz CT molecular complexity index is 461. The topological polar surface area (TPSA) is 0 Å². The van der Waals surface area contributed by atoms with E-state index in [9.17, 15) is 0 Å². The largest absolute Gasteiger partial charge is 0.0856 e. The smallest absolute Gasteiger partial charge is 0.0323 e. The van der Waals surface area contributed by atoms with Gasteiger partial charge in [-0.3, -0.25) is 0 Å². The lowest BCUT2D eigenvalue weighted by Gasteiger charge is -2.14. The first-order chi connectivity index (χ1) is 18.6. The third kappa shape index (κ3) is 30.3. The molecule has 0 fully saturated rings. The van der Waals surface area contributed by atoms with Gasteiger partial charge in [0.2, 0.25) is 0 Å². The molecule has 0 aliphatic heterocycles. The Morgan fingerprint density at radius 2 is 0.763 bits per heavy atom. The van der Waals surface area contributed by atoms with Gasteiger partial charge in [0, 0.05) is 0 Å². The molecule has 0 aliphatic carbocycles. The maximum absolute atomic E-state index is 2.54. The van der Waals surface area contributed by atoms with Gasteiger partial charge >= 0.3 is 0 Å². The van der Waals surface area contributed by atoms with Gasteiger partial charge in [-0.1, -0.05) is 200 Å². The molecule has 0 heteroatoms. The zero-order valence-electron chi connectivity index (χ0n) is 27.7. The van der Waals surface area contributed by atoms with Gasteiger partial charge in [0.1, 0.15) is 0 Å². The van der Waals surface area contributed by atoms with E-state index in [1.165, 1.54) is 186 Å². The number of hydrogen-bond acceptors (Lipinski definition) is 0. The Balaban J connectivity index is 3.45. The first-order valence-electron chi connectivity index (χ1n) is 18.3. The molecule has 0 N–H and O–H groups in total. The minimum absolute atomic E-state index is 0.916. The van der Waals surface area contributed by atoms with E-state index in [0.717, 1.165) is 11.8 Å². The van der Waals surface area contributed by atoms with Gasteiger partial charge in [-0.15, -0.1) is 0 Å². The summed E-state index contributed by atoms with van der Waals surface area (Å²) in [5.74, 6) is 1.86. The molecule has 0 aromatic carbocycles. The van der Waals surface area contributed by atoms with Crippen LogP contribution in [-0.2, 0) is 0 Å². The molecule has 0 spiro atoms. The summed E-state index contributed by atoms with van der Waals surface area (Å²) >= 11 is 0. The van der Waals surface area contributed by atoms with Crippen molar-refractivity contribution in [2.45, 2.75) is 221 Å². The van der Waals surface area contributed by atoms with E-state index in [0.29, 0.717) is 0 Å². The fraction of sp³-hybridized carbons (Fsp3) is 0.947. The van der Waals surface area contributed by atoms with Gasteiger partial charge in [-0.05, 0) is 44.4 Å². The molecular formula is C38H76. The molecular weight excluding hydrogens is 456 g/mol. The van der Waals surface area contributed by atoms with Crippen LogP contribution in [0.1, 0.15) is 221 Å². The highest BCUT2D eigenvalue weighted by molar-refractivity contribution is 4.97. The normalized spacial score (nSPS) is 13.8. The second kappa shape index (κ2) is 31.3. The molecule has 0 aliphatic rings. The Hall–Kier alpha value is -0.260. The minimum Gasteiger partial charge on any atom is -0.0856 e. The van der Waals surface area contributed by atoms with Crippen LogP contribution in [0.4, 0.5) is 0 Å². The first kappa shape index (κ1) is 37.7. The van der Waals surface area contributed by atoms with Gasteiger partial charge in [0.15, 0.2) is 0 Å². The van der Waals surface area contributed by atoms with E-state index in [2.05, 4.69) is 40.7 Å². The van der Waals surface area contributed by atoms with Crippen LogP contribution in [-0.4, -0.2) is 0 Å². The van der Waals surface area contributed by atoms with Crippen LogP contribution in [0.3, 0.4) is 0 Å². The fourth-order valence-electron chi connectivity index (χ4n) is 6.07. The van der Waals surface area contributed by atoms with Crippen LogP contribution >= 0.6 is 0 Å². The zero-order valence-corrected chi connectivity index (χ0v) is 27.7. The van der Waals surface area contributed by atoms with Crippen molar-refractivity contribution < 1.29 is 0 Å². The molecule has 38 heavy (non-hydrogen) atoms. The van der Waals surface area contributed by atoms with Gasteiger partial charge < -0.3 is 0 Å². The number of hydrogen-bond donors (Lipinski definition) is 0. The molecule has 0 saturated carbocycles. The van der Waals surface area contributed by atoms with Crippen molar-refractivity contribution in [2.75, 3.05) is 0 Å². The lowest BCUT2D eigenvalue weighted by Crippen LogP contribution is -1.99. The Labute approximate surface area is 244 Å². The summed E-state index contributed by atoms with van der Waals surface area (Å²) in [6.07, 6.45) is 44.3. The van der Waals surface area contributed by atoms with Gasteiger partial charge in [-0.2, -0.15) is 0 Å². The van der Waals surface area contributed by atoms with Gasteiger partial charge in [0.25, 0.3) is 0 Å². The monoisotopic (exact) mass is 533 g/mol. The highest BCUT2D eigenvalue weighted by Gasteiger charge is 2.06. The number of allylic oxidation sites excluding steroid dienone is 2. The molecule has 2 atom stereocenters. The van der Waals surface area contributed by atoms with Crippen molar-refractivity contribution in [1.29, 1.82) is 0 Å². The van der Waals surface area contributed by atoms with E-state index in [1.54, 1.807) is 5.57 Å². The van der Waals surface area contributed by atoms with Crippen molar-refractivity contribution in [2.24, 2.45) is 11.8 Å². The molecule has 0 radical (unpaired) electrons. The maximum atomic E-state index is 2.54. The molecule has 0 amide bonds. The quantitative estimate of drug-likeness (QED) is 0.0615. The van der Waals surface area contributed by atoms with Gasteiger partial charge in [-0.25, -0.2) is 0 Å². The van der Waals surface area contributed by atoms with E-state index < -0.39 is 0 Å². The Morgan fingerprint density at radius 3 is 1.21 bits per heavy atom. The molecule has 0 bridgehead atoms.